The maximum atomic E-state index is 12.0. The van der Waals surface area contributed by atoms with Crippen LogP contribution in [0, 0.1) is 5.41 Å². The summed E-state index contributed by atoms with van der Waals surface area (Å²) in [5.41, 5.74) is 7.60. The fourth-order valence-electron chi connectivity index (χ4n) is 1.87. The Labute approximate surface area is 125 Å². The number of aromatic nitrogens is 2. The van der Waals surface area contributed by atoms with Crippen molar-refractivity contribution >= 4 is 5.91 Å². The summed E-state index contributed by atoms with van der Waals surface area (Å²) in [7, 11) is 0. The molecule has 1 atom stereocenters. The highest BCUT2D eigenvalue weighted by Crippen LogP contribution is 2.17. The van der Waals surface area contributed by atoms with Crippen molar-refractivity contribution in [2.45, 2.75) is 33.4 Å². The maximum absolute atomic E-state index is 12.0. The number of carbonyl (C=O) groups excluding carboxylic acids is 1. The molecule has 0 spiro atoms. The third-order valence-corrected chi connectivity index (χ3v) is 3.34. The van der Waals surface area contributed by atoms with Crippen LogP contribution in [0.4, 0.5) is 0 Å². The minimum Gasteiger partial charge on any atom is -0.351 e. The molecule has 112 valence electrons. The van der Waals surface area contributed by atoms with Gasteiger partial charge in [-0.3, -0.25) is 4.79 Å². The molecule has 0 radical (unpaired) electrons. The molecule has 0 saturated heterocycles. The lowest BCUT2D eigenvalue weighted by Crippen LogP contribution is -2.48. The van der Waals surface area contributed by atoms with Gasteiger partial charge in [0.05, 0.1) is 17.9 Å². The molecule has 1 unspecified atom stereocenters. The molecule has 1 aromatic carbocycles. The zero-order valence-corrected chi connectivity index (χ0v) is 12.7. The van der Waals surface area contributed by atoms with Crippen LogP contribution in [0.1, 0.15) is 26.3 Å². The summed E-state index contributed by atoms with van der Waals surface area (Å²) in [4.78, 5) is 12.0. The predicted octanol–water partition coefficient (Wildman–Crippen LogP) is 1.86. The fourth-order valence-corrected chi connectivity index (χ4v) is 1.87. The first-order valence-corrected chi connectivity index (χ1v) is 7.00. The Hall–Kier alpha value is -2.14. The van der Waals surface area contributed by atoms with E-state index >= 15 is 0 Å². The van der Waals surface area contributed by atoms with E-state index in [9.17, 15) is 4.79 Å². The topological polar surface area (TPSA) is 72.9 Å². The third-order valence-electron chi connectivity index (χ3n) is 3.34. The van der Waals surface area contributed by atoms with Gasteiger partial charge in [-0.2, -0.15) is 5.10 Å². The Balaban J connectivity index is 1.96. The molecular formula is C16H22N4O. The van der Waals surface area contributed by atoms with Crippen molar-refractivity contribution in [3.8, 4) is 5.69 Å². The fraction of sp³-hybridized carbons (Fsp3) is 0.375. The van der Waals surface area contributed by atoms with Crippen molar-refractivity contribution in [1.29, 1.82) is 0 Å². The van der Waals surface area contributed by atoms with Crippen molar-refractivity contribution in [3.63, 3.8) is 0 Å². The number of carbonyl (C=O) groups is 1. The van der Waals surface area contributed by atoms with E-state index < -0.39 is 6.04 Å². The van der Waals surface area contributed by atoms with Crippen LogP contribution >= 0.6 is 0 Å². The molecule has 3 N–H and O–H groups in total. The monoisotopic (exact) mass is 286 g/mol. The standard InChI is InChI=1S/C16H22N4O/c1-16(2,3)14(17)15(21)18-9-12-10-19-20(11-12)13-7-5-4-6-8-13/h4-8,10-11,14H,9,17H2,1-3H3,(H,18,21). The highest BCUT2D eigenvalue weighted by molar-refractivity contribution is 5.82. The van der Waals surface area contributed by atoms with Gasteiger partial charge in [0.1, 0.15) is 0 Å². The Morgan fingerprint density at radius 1 is 1.33 bits per heavy atom. The molecule has 0 aliphatic carbocycles. The van der Waals surface area contributed by atoms with E-state index in [2.05, 4.69) is 10.4 Å². The molecule has 2 aromatic rings. The van der Waals surface area contributed by atoms with Crippen molar-refractivity contribution in [2.24, 2.45) is 11.1 Å². The SMILES string of the molecule is CC(C)(C)C(N)C(=O)NCc1cnn(-c2ccccc2)c1. The lowest BCUT2D eigenvalue weighted by atomic mass is 9.87. The number of nitrogens with zero attached hydrogens (tertiary/aromatic N) is 2. The molecule has 0 bridgehead atoms. The first kappa shape index (κ1) is 15.3. The van der Waals surface area contributed by atoms with E-state index in [0.717, 1.165) is 11.3 Å². The second kappa shape index (κ2) is 6.10. The average molecular weight is 286 g/mol. The Bertz CT molecular complexity index is 598. The first-order chi connectivity index (χ1) is 9.88. The Kier molecular flexibility index (Phi) is 4.43. The highest BCUT2D eigenvalue weighted by atomic mass is 16.2. The summed E-state index contributed by atoms with van der Waals surface area (Å²) in [6, 6.07) is 9.31. The van der Waals surface area contributed by atoms with Crippen LogP contribution in [0.5, 0.6) is 0 Å². The van der Waals surface area contributed by atoms with Gasteiger partial charge in [0.25, 0.3) is 0 Å². The van der Waals surface area contributed by atoms with Gasteiger partial charge in [-0.15, -0.1) is 0 Å². The zero-order valence-electron chi connectivity index (χ0n) is 12.7. The van der Waals surface area contributed by atoms with E-state index in [4.69, 9.17) is 5.73 Å². The van der Waals surface area contributed by atoms with Crippen LogP contribution in [0.25, 0.3) is 5.69 Å². The van der Waals surface area contributed by atoms with Gasteiger partial charge in [0.15, 0.2) is 0 Å². The Morgan fingerprint density at radius 2 is 2.00 bits per heavy atom. The number of nitrogens with two attached hydrogens (primary N) is 1. The number of hydrogen-bond donors (Lipinski definition) is 2. The smallest absolute Gasteiger partial charge is 0.237 e. The van der Waals surface area contributed by atoms with Gasteiger partial charge in [-0.25, -0.2) is 4.68 Å². The maximum Gasteiger partial charge on any atom is 0.237 e. The number of hydrogen-bond acceptors (Lipinski definition) is 3. The minimum atomic E-state index is -0.526. The van der Waals surface area contributed by atoms with Gasteiger partial charge < -0.3 is 11.1 Å². The predicted molar refractivity (Wildman–Crippen MR) is 82.8 cm³/mol. The van der Waals surface area contributed by atoms with E-state index in [1.165, 1.54) is 0 Å². The number of benzene rings is 1. The summed E-state index contributed by atoms with van der Waals surface area (Å²) in [5.74, 6) is -0.144. The van der Waals surface area contributed by atoms with Crippen molar-refractivity contribution < 1.29 is 4.79 Å². The molecule has 5 heteroatoms. The van der Waals surface area contributed by atoms with Crippen LogP contribution in [-0.4, -0.2) is 21.7 Å². The van der Waals surface area contributed by atoms with Gasteiger partial charge in [-0.05, 0) is 17.5 Å². The molecular weight excluding hydrogens is 264 g/mol. The quantitative estimate of drug-likeness (QED) is 0.901. The van der Waals surface area contributed by atoms with Crippen molar-refractivity contribution in [3.05, 3.63) is 48.3 Å². The van der Waals surface area contributed by atoms with E-state index in [1.807, 2.05) is 57.3 Å². The highest BCUT2D eigenvalue weighted by Gasteiger charge is 2.27. The zero-order chi connectivity index (χ0) is 15.5. The number of para-hydroxylation sites is 1. The van der Waals surface area contributed by atoms with Crippen LogP contribution in [0.2, 0.25) is 0 Å². The molecule has 5 nitrogen and oxygen atoms in total. The van der Waals surface area contributed by atoms with E-state index in [1.54, 1.807) is 10.9 Å². The lowest BCUT2D eigenvalue weighted by Gasteiger charge is -2.25. The van der Waals surface area contributed by atoms with Gasteiger partial charge >= 0.3 is 0 Å². The normalized spacial score (nSPS) is 13.0. The van der Waals surface area contributed by atoms with Crippen LogP contribution < -0.4 is 11.1 Å². The van der Waals surface area contributed by atoms with E-state index in [0.29, 0.717) is 6.54 Å². The molecule has 0 saturated carbocycles. The second-order valence-electron chi connectivity index (χ2n) is 6.19. The van der Waals surface area contributed by atoms with Gasteiger partial charge in [0.2, 0.25) is 5.91 Å². The molecule has 21 heavy (non-hydrogen) atoms. The lowest BCUT2D eigenvalue weighted by molar-refractivity contribution is -0.124. The van der Waals surface area contributed by atoms with Crippen LogP contribution in [0.3, 0.4) is 0 Å². The molecule has 1 heterocycles. The van der Waals surface area contributed by atoms with Gasteiger partial charge in [0, 0.05) is 18.3 Å². The van der Waals surface area contributed by atoms with Crippen LogP contribution in [0.15, 0.2) is 42.7 Å². The van der Waals surface area contributed by atoms with Gasteiger partial charge in [-0.1, -0.05) is 39.0 Å². The molecule has 1 amide bonds. The number of nitrogens with one attached hydrogen (secondary N) is 1. The van der Waals surface area contributed by atoms with E-state index in [-0.39, 0.29) is 11.3 Å². The van der Waals surface area contributed by atoms with Crippen molar-refractivity contribution in [1.82, 2.24) is 15.1 Å². The summed E-state index contributed by atoms with van der Waals surface area (Å²) >= 11 is 0. The number of rotatable bonds is 4. The van der Waals surface area contributed by atoms with Crippen LogP contribution in [-0.2, 0) is 11.3 Å². The third kappa shape index (κ3) is 3.92. The summed E-state index contributed by atoms with van der Waals surface area (Å²) in [6.45, 7) is 6.27. The second-order valence-corrected chi connectivity index (χ2v) is 6.19. The molecule has 0 aliphatic rings. The molecule has 2 rings (SSSR count). The molecule has 0 fully saturated rings. The van der Waals surface area contributed by atoms with Crippen molar-refractivity contribution in [2.75, 3.05) is 0 Å². The minimum absolute atomic E-state index is 0.144. The summed E-state index contributed by atoms with van der Waals surface area (Å²) in [6.07, 6.45) is 3.65. The summed E-state index contributed by atoms with van der Waals surface area (Å²) < 4.78 is 1.78. The number of amides is 1. The average Bonchev–Trinajstić information content (AvgIpc) is 2.93. The summed E-state index contributed by atoms with van der Waals surface area (Å²) in [5, 5.41) is 7.14. The Morgan fingerprint density at radius 3 is 2.62 bits per heavy atom. The first-order valence-electron chi connectivity index (χ1n) is 7.00. The molecule has 1 aromatic heterocycles. The largest absolute Gasteiger partial charge is 0.351 e. The molecule has 0 aliphatic heterocycles.